The van der Waals surface area contributed by atoms with Gasteiger partial charge in [0.1, 0.15) is 13.1 Å². The summed E-state index contributed by atoms with van der Waals surface area (Å²) in [6, 6.07) is 0. The van der Waals surface area contributed by atoms with Gasteiger partial charge >= 0.3 is 0 Å². The Morgan fingerprint density at radius 1 is 1.00 bits per heavy atom. The molecule has 0 aromatic rings. The molecule has 1 atom stereocenters. The van der Waals surface area contributed by atoms with Crippen LogP contribution in [0.25, 0.3) is 0 Å². The summed E-state index contributed by atoms with van der Waals surface area (Å²) in [5, 5.41) is 17.9. The molecule has 0 aliphatic carbocycles. The van der Waals surface area contributed by atoms with Gasteiger partial charge in [0.15, 0.2) is 0 Å². The van der Waals surface area contributed by atoms with Crippen LogP contribution in [-0.2, 0) is 4.79 Å². The zero-order chi connectivity index (χ0) is 21.6. The lowest BCUT2D eigenvalue weighted by molar-refractivity contribution is -0.797. The zero-order valence-corrected chi connectivity index (χ0v) is 19.1. The molecule has 0 amide bonds. The van der Waals surface area contributed by atoms with Crippen LogP contribution in [0, 0.1) is 0 Å². The largest absolute Gasteiger partial charge is 0.550 e. The molecule has 0 aromatic heterocycles. The normalized spacial score (nSPS) is 16.0. The lowest BCUT2D eigenvalue weighted by atomic mass is 10.0. The average molecular weight is 411 g/mol. The lowest BCUT2D eigenvalue weighted by Crippen LogP contribution is -3.13. The molecule has 5 heteroatoms. The Bertz CT molecular complexity index is 432. The first-order valence-electron chi connectivity index (χ1n) is 12.0. The smallest absolute Gasteiger partial charge is 0.221 e. The van der Waals surface area contributed by atoms with Crippen LogP contribution in [0.1, 0.15) is 104 Å². The Morgan fingerprint density at radius 2 is 1.48 bits per heavy atom. The summed E-state index contributed by atoms with van der Waals surface area (Å²) in [6.45, 7) is 6.25. The molecule has 0 fully saturated rings. The van der Waals surface area contributed by atoms with Crippen LogP contribution < -0.4 is 10.0 Å². The number of hydrogen-bond donors (Lipinski definition) is 2. The molecule has 0 bridgehead atoms. The second-order valence-electron chi connectivity index (χ2n) is 8.02. The first-order chi connectivity index (χ1) is 14.1. The van der Waals surface area contributed by atoms with Crippen molar-refractivity contribution in [2.75, 3.05) is 26.2 Å². The van der Waals surface area contributed by atoms with Gasteiger partial charge in [-0.05, 0) is 19.8 Å². The van der Waals surface area contributed by atoms with Crippen molar-refractivity contribution in [3.05, 3.63) is 12.2 Å². The number of nitrogens with one attached hydrogen (secondary N) is 1. The Hall–Kier alpha value is -1.20. The van der Waals surface area contributed by atoms with E-state index in [1.807, 2.05) is 0 Å². The Balaban J connectivity index is 0.00000178. The summed E-state index contributed by atoms with van der Waals surface area (Å²) in [5.74, 6) is 0.0590. The minimum Gasteiger partial charge on any atom is -0.550 e. The molecule has 0 aromatic carbocycles. The highest BCUT2D eigenvalue weighted by atomic mass is 16.4. The van der Waals surface area contributed by atoms with E-state index in [1.54, 1.807) is 0 Å². The molecule has 1 unspecified atom stereocenters. The van der Waals surface area contributed by atoms with Crippen LogP contribution in [0.3, 0.4) is 0 Å². The van der Waals surface area contributed by atoms with E-state index in [0.717, 1.165) is 32.4 Å². The van der Waals surface area contributed by atoms with Gasteiger partial charge in [-0.2, -0.15) is 0 Å². The third kappa shape index (κ3) is 19.9. The van der Waals surface area contributed by atoms with Gasteiger partial charge in [-0.25, -0.2) is 4.99 Å². The maximum Gasteiger partial charge on any atom is 0.221 e. The molecule has 29 heavy (non-hydrogen) atoms. The van der Waals surface area contributed by atoms with Crippen molar-refractivity contribution in [3.63, 3.8) is 0 Å². The predicted molar refractivity (Wildman–Crippen MR) is 120 cm³/mol. The number of aliphatic hydroxyl groups excluding tert-OH is 1. The van der Waals surface area contributed by atoms with Crippen LogP contribution in [0.15, 0.2) is 17.1 Å². The maximum absolute atomic E-state index is 9.05. The average Bonchev–Trinajstić information content (AvgIpc) is 3.12. The van der Waals surface area contributed by atoms with Gasteiger partial charge in [0, 0.05) is 12.0 Å². The van der Waals surface area contributed by atoms with Crippen LogP contribution in [0.4, 0.5) is 0 Å². The molecule has 1 rings (SSSR count). The standard InChI is InChI=1S/C22H42N2O.C2H4O2/c1-2-3-4-5-6-7-8-9-10-11-12-13-14-15-16-17-22-23-18-19-24(22)20-21-25;1-2(3)4/h16-17,25H,2-15,18-21H2,1H3;1H3,(H,3,4). The number of carboxylic acid groups (broad SMARTS) is 1. The van der Waals surface area contributed by atoms with Crippen molar-refractivity contribution < 1.29 is 19.9 Å². The SMILES string of the molecule is CC(=O)[O-].CCCCCCCCCCCCCCCC=CC1=NCC[NH+]1CCO. The molecule has 2 N–H and O–H groups in total. The summed E-state index contributed by atoms with van der Waals surface area (Å²) in [5.41, 5.74) is 0. The van der Waals surface area contributed by atoms with Crippen LogP contribution >= 0.6 is 0 Å². The van der Waals surface area contributed by atoms with E-state index < -0.39 is 5.97 Å². The molecule has 1 aliphatic rings. The van der Waals surface area contributed by atoms with E-state index in [0.29, 0.717) is 0 Å². The van der Waals surface area contributed by atoms with Gasteiger partial charge in [0.2, 0.25) is 5.84 Å². The number of amidine groups is 1. The van der Waals surface area contributed by atoms with Gasteiger partial charge in [-0.15, -0.1) is 0 Å². The van der Waals surface area contributed by atoms with Crippen molar-refractivity contribution in [1.29, 1.82) is 0 Å². The molecule has 0 radical (unpaired) electrons. The number of allylic oxidation sites excluding steroid dienone is 1. The molecular formula is C24H46N2O3. The third-order valence-corrected chi connectivity index (χ3v) is 5.22. The molecule has 0 saturated carbocycles. The number of unbranched alkanes of at least 4 members (excludes halogenated alkanes) is 13. The summed E-state index contributed by atoms with van der Waals surface area (Å²) in [6.07, 6.45) is 24.0. The Kier molecular flexibility index (Phi) is 20.6. The van der Waals surface area contributed by atoms with Crippen molar-refractivity contribution in [3.8, 4) is 0 Å². The number of rotatable bonds is 17. The molecule has 1 heterocycles. The van der Waals surface area contributed by atoms with Crippen molar-refractivity contribution in [2.45, 2.75) is 104 Å². The number of quaternary nitrogens is 1. The molecule has 5 nitrogen and oxygen atoms in total. The van der Waals surface area contributed by atoms with Gasteiger partial charge in [0.25, 0.3) is 0 Å². The van der Waals surface area contributed by atoms with Crippen LogP contribution in [-0.4, -0.2) is 43.2 Å². The minimum atomic E-state index is -1.08. The van der Waals surface area contributed by atoms with E-state index in [9.17, 15) is 0 Å². The van der Waals surface area contributed by atoms with Crippen LogP contribution in [0.5, 0.6) is 0 Å². The Labute approximate surface area is 179 Å². The second-order valence-corrected chi connectivity index (χ2v) is 8.02. The quantitative estimate of drug-likeness (QED) is 0.362. The molecule has 170 valence electrons. The van der Waals surface area contributed by atoms with Crippen molar-refractivity contribution >= 4 is 11.8 Å². The summed E-state index contributed by atoms with van der Waals surface area (Å²) in [4.78, 5) is 14.7. The van der Waals surface area contributed by atoms with Gasteiger partial charge in [0.05, 0.1) is 13.2 Å². The Morgan fingerprint density at radius 3 is 1.97 bits per heavy atom. The van der Waals surface area contributed by atoms with E-state index >= 15 is 0 Å². The maximum atomic E-state index is 9.05. The van der Waals surface area contributed by atoms with Crippen LogP contribution in [0.2, 0.25) is 0 Å². The summed E-state index contributed by atoms with van der Waals surface area (Å²) >= 11 is 0. The second kappa shape index (κ2) is 21.5. The van der Waals surface area contributed by atoms with E-state index in [2.05, 4.69) is 24.1 Å². The highest BCUT2D eigenvalue weighted by molar-refractivity contribution is 5.86. The van der Waals surface area contributed by atoms with Crippen molar-refractivity contribution in [2.24, 2.45) is 4.99 Å². The molecule has 1 aliphatic heterocycles. The van der Waals surface area contributed by atoms with Gasteiger partial charge in [-0.1, -0.05) is 90.0 Å². The molecule has 0 spiro atoms. The van der Waals surface area contributed by atoms with E-state index in [1.165, 1.54) is 94.8 Å². The number of carbonyl (C=O) groups is 1. The summed E-state index contributed by atoms with van der Waals surface area (Å²) < 4.78 is 0. The number of carbonyl (C=O) groups excluding carboxylic acids is 1. The first kappa shape index (κ1) is 27.8. The monoisotopic (exact) mass is 410 g/mol. The molecule has 0 saturated heterocycles. The lowest BCUT2D eigenvalue weighted by Gasteiger charge is -2.09. The fraction of sp³-hybridized carbons (Fsp3) is 0.833. The van der Waals surface area contributed by atoms with Gasteiger partial charge in [-0.3, -0.25) is 4.90 Å². The zero-order valence-electron chi connectivity index (χ0n) is 19.1. The summed E-state index contributed by atoms with van der Waals surface area (Å²) in [7, 11) is 0. The first-order valence-corrected chi connectivity index (χ1v) is 12.0. The molecular weight excluding hydrogens is 364 g/mol. The van der Waals surface area contributed by atoms with Crippen molar-refractivity contribution in [1.82, 2.24) is 0 Å². The minimum absolute atomic E-state index is 0.251. The van der Waals surface area contributed by atoms with Gasteiger partial charge < -0.3 is 15.0 Å². The fourth-order valence-corrected chi connectivity index (χ4v) is 3.58. The predicted octanol–water partition coefficient (Wildman–Crippen LogP) is 3.07. The third-order valence-electron chi connectivity index (χ3n) is 5.22. The fourth-order valence-electron chi connectivity index (χ4n) is 3.58. The van der Waals surface area contributed by atoms with E-state index in [-0.39, 0.29) is 6.61 Å². The number of carboxylic acids is 1. The highest BCUT2D eigenvalue weighted by Gasteiger charge is 2.18. The highest BCUT2D eigenvalue weighted by Crippen LogP contribution is 2.12. The van der Waals surface area contributed by atoms with E-state index in [4.69, 9.17) is 15.0 Å². The number of hydrogen-bond acceptors (Lipinski definition) is 4. The topological polar surface area (TPSA) is 77.2 Å². The number of aliphatic hydroxyl groups is 1. The number of nitrogens with zero attached hydrogens (tertiary/aromatic N) is 1. The number of aliphatic imine (C=N–C) groups is 1. The number of aliphatic carboxylic acids is 1.